The maximum Gasteiger partial charge on any atom is 0.229 e. The summed E-state index contributed by atoms with van der Waals surface area (Å²) in [6, 6.07) is 8.17. The number of aromatic nitrogens is 2. The van der Waals surface area contributed by atoms with E-state index < -0.39 is 0 Å². The molecule has 2 aromatic rings. The van der Waals surface area contributed by atoms with Crippen molar-refractivity contribution in [2.75, 3.05) is 11.4 Å². The van der Waals surface area contributed by atoms with Gasteiger partial charge in [0.05, 0.1) is 11.0 Å². The standard InChI is InChI=1S/C18H21N3O/c22-17(11-14-10-12-5-6-13(14)9-12)21-8-7-20-16-4-2-1-3-15(16)19-18(20)21/h1-4,12-14H,5-11H2. The number of benzene rings is 1. The molecule has 22 heavy (non-hydrogen) atoms. The fourth-order valence-corrected chi connectivity index (χ4v) is 4.99. The van der Waals surface area contributed by atoms with Gasteiger partial charge in [-0.25, -0.2) is 4.98 Å². The van der Waals surface area contributed by atoms with E-state index in [1.165, 1.54) is 25.7 Å². The number of hydrogen-bond donors (Lipinski definition) is 0. The Bertz CT molecular complexity index is 750. The number of hydrogen-bond acceptors (Lipinski definition) is 2. The van der Waals surface area contributed by atoms with Crippen molar-refractivity contribution in [3.05, 3.63) is 24.3 Å². The molecule has 0 saturated heterocycles. The van der Waals surface area contributed by atoms with Crippen LogP contribution in [0, 0.1) is 17.8 Å². The number of anilines is 1. The van der Waals surface area contributed by atoms with Crippen LogP contribution in [0.25, 0.3) is 11.0 Å². The average molecular weight is 295 g/mol. The molecule has 114 valence electrons. The van der Waals surface area contributed by atoms with Gasteiger partial charge in [-0.3, -0.25) is 9.69 Å². The van der Waals surface area contributed by atoms with E-state index in [0.717, 1.165) is 48.3 Å². The summed E-state index contributed by atoms with van der Waals surface area (Å²) in [7, 11) is 0. The lowest BCUT2D eigenvalue weighted by molar-refractivity contribution is -0.119. The Morgan fingerprint density at radius 3 is 2.91 bits per heavy atom. The molecular formula is C18H21N3O. The van der Waals surface area contributed by atoms with E-state index in [9.17, 15) is 4.79 Å². The van der Waals surface area contributed by atoms with E-state index in [0.29, 0.717) is 5.92 Å². The Labute approximate surface area is 130 Å². The van der Waals surface area contributed by atoms with Gasteiger partial charge in [0.15, 0.2) is 0 Å². The second kappa shape index (κ2) is 4.58. The second-order valence-corrected chi connectivity index (χ2v) is 7.24. The van der Waals surface area contributed by atoms with Crippen molar-refractivity contribution in [3.63, 3.8) is 0 Å². The van der Waals surface area contributed by atoms with E-state index in [1.54, 1.807) is 0 Å². The molecule has 0 radical (unpaired) electrons. The minimum atomic E-state index is 0.284. The first-order chi connectivity index (χ1) is 10.8. The summed E-state index contributed by atoms with van der Waals surface area (Å²) in [5, 5.41) is 0. The molecular weight excluding hydrogens is 274 g/mol. The molecule has 2 fully saturated rings. The van der Waals surface area contributed by atoms with Crippen LogP contribution >= 0.6 is 0 Å². The summed E-state index contributed by atoms with van der Waals surface area (Å²) in [4.78, 5) is 19.4. The van der Waals surface area contributed by atoms with Gasteiger partial charge in [0.2, 0.25) is 11.9 Å². The van der Waals surface area contributed by atoms with Gasteiger partial charge in [-0.2, -0.15) is 0 Å². The van der Waals surface area contributed by atoms with Crippen LogP contribution in [0.4, 0.5) is 5.95 Å². The fourth-order valence-electron chi connectivity index (χ4n) is 4.99. The molecule has 1 aliphatic heterocycles. The SMILES string of the molecule is O=C(CC1CC2CCC1C2)N1CCn2c1nc1ccccc12. The molecule has 3 aliphatic rings. The Hall–Kier alpha value is -1.84. The Morgan fingerprint density at radius 2 is 2.09 bits per heavy atom. The summed E-state index contributed by atoms with van der Waals surface area (Å²) in [6.07, 6.45) is 6.12. The lowest BCUT2D eigenvalue weighted by Gasteiger charge is -2.23. The van der Waals surface area contributed by atoms with Gasteiger partial charge < -0.3 is 4.57 Å². The van der Waals surface area contributed by atoms with Crippen LogP contribution in [0.1, 0.15) is 32.1 Å². The van der Waals surface area contributed by atoms with Crippen molar-refractivity contribution in [3.8, 4) is 0 Å². The zero-order chi connectivity index (χ0) is 14.7. The maximum absolute atomic E-state index is 12.8. The molecule has 2 bridgehead atoms. The fraction of sp³-hybridized carbons (Fsp3) is 0.556. The predicted molar refractivity (Wildman–Crippen MR) is 85.6 cm³/mol. The molecule has 2 heterocycles. The molecule has 5 rings (SSSR count). The van der Waals surface area contributed by atoms with Crippen molar-refractivity contribution in [1.82, 2.24) is 9.55 Å². The number of nitrogens with zero attached hydrogens (tertiary/aromatic N) is 3. The van der Waals surface area contributed by atoms with Crippen molar-refractivity contribution in [2.24, 2.45) is 17.8 Å². The van der Waals surface area contributed by atoms with Gasteiger partial charge in [0, 0.05) is 19.5 Å². The summed E-state index contributed by atoms with van der Waals surface area (Å²) in [5.41, 5.74) is 2.14. The van der Waals surface area contributed by atoms with E-state index in [2.05, 4.69) is 15.6 Å². The first-order valence-corrected chi connectivity index (χ1v) is 8.55. The first kappa shape index (κ1) is 12.7. The second-order valence-electron chi connectivity index (χ2n) is 7.24. The highest BCUT2D eigenvalue weighted by Crippen LogP contribution is 2.49. The third kappa shape index (κ3) is 1.76. The molecule has 0 N–H and O–H groups in total. The molecule has 3 atom stereocenters. The van der Waals surface area contributed by atoms with Crippen LogP contribution in [0.5, 0.6) is 0 Å². The van der Waals surface area contributed by atoms with Gasteiger partial charge in [-0.1, -0.05) is 18.6 Å². The van der Waals surface area contributed by atoms with Crippen LogP contribution in [-0.4, -0.2) is 22.0 Å². The number of amides is 1. The average Bonchev–Trinajstić information content (AvgIpc) is 3.26. The number of para-hydroxylation sites is 2. The van der Waals surface area contributed by atoms with Crippen LogP contribution in [0.2, 0.25) is 0 Å². The maximum atomic E-state index is 12.8. The van der Waals surface area contributed by atoms with Crippen molar-refractivity contribution in [2.45, 2.75) is 38.6 Å². The topological polar surface area (TPSA) is 38.1 Å². The zero-order valence-electron chi connectivity index (χ0n) is 12.7. The molecule has 1 amide bonds. The first-order valence-electron chi connectivity index (χ1n) is 8.55. The predicted octanol–water partition coefficient (Wildman–Crippen LogP) is 3.21. The summed E-state index contributed by atoms with van der Waals surface area (Å²) in [6.45, 7) is 1.66. The van der Waals surface area contributed by atoms with Gasteiger partial charge in [-0.05, 0) is 49.1 Å². The monoisotopic (exact) mass is 295 g/mol. The number of fused-ring (bicyclic) bond motifs is 5. The minimum absolute atomic E-state index is 0.284. The Morgan fingerprint density at radius 1 is 1.18 bits per heavy atom. The van der Waals surface area contributed by atoms with Crippen molar-refractivity contribution in [1.29, 1.82) is 0 Å². The van der Waals surface area contributed by atoms with Crippen molar-refractivity contribution >= 4 is 22.9 Å². The van der Waals surface area contributed by atoms with Crippen LogP contribution in [0.3, 0.4) is 0 Å². The van der Waals surface area contributed by atoms with Crippen molar-refractivity contribution < 1.29 is 4.79 Å². The van der Waals surface area contributed by atoms with Gasteiger partial charge in [0.25, 0.3) is 0 Å². The van der Waals surface area contributed by atoms with Crippen LogP contribution < -0.4 is 4.90 Å². The van der Waals surface area contributed by atoms with Gasteiger partial charge in [0.1, 0.15) is 0 Å². The number of carbonyl (C=O) groups excluding carboxylic acids is 1. The largest absolute Gasteiger partial charge is 0.308 e. The van der Waals surface area contributed by atoms with Gasteiger partial charge in [-0.15, -0.1) is 0 Å². The van der Waals surface area contributed by atoms with E-state index in [4.69, 9.17) is 0 Å². The van der Waals surface area contributed by atoms with E-state index >= 15 is 0 Å². The molecule has 1 aromatic heterocycles. The molecule has 3 unspecified atom stereocenters. The zero-order valence-corrected chi connectivity index (χ0v) is 12.7. The summed E-state index contributed by atoms with van der Waals surface area (Å²) < 4.78 is 2.19. The minimum Gasteiger partial charge on any atom is -0.308 e. The normalized spacial score (nSPS) is 29.5. The summed E-state index contributed by atoms with van der Waals surface area (Å²) in [5.74, 6) is 3.49. The lowest BCUT2D eigenvalue weighted by Crippen LogP contribution is -2.32. The van der Waals surface area contributed by atoms with Gasteiger partial charge >= 0.3 is 0 Å². The Balaban J connectivity index is 1.40. The van der Waals surface area contributed by atoms with E-state index in [-0.39, 0.29) is 5.91 Å². The van der Waals surface area contributed by atoms with Crippen LogP contribution in [-0.2, 0) is 11.3 Å². The molecule has 2 aliphatic carbocycles. The molecule has 1 aromatic carbocycles. The van der Waals surface area contributed by atoms with Crippen LogP contribution in [0.15, 0.2) is 24.3 Å². The highest BCUT2D eigenvalue weighted by molar-refractivity contribution is 5.95. The Kier molecular flexibility index (Phi) is 2.64. The number of rotatable bonds is 2. The summed E-state index contributed by atoms with van der Waals surface area (Å²) >= 11 is 0. The molecule has 4 nitrogen and oxygen atoms in total. The highest BCUT2D eigenvalue weighted by Gasteiger charge is 2.41. The van der Waals surface area contributed by atoms with E-state index in [1.807, 2.05) is 23.1 Å². The third-order valence-corrected chi connectivity index (χ3v) is 6.05. The molecule has 0 spiro atoms. The lowest BCUT2D eigenvalue weighted by atomic mass is 9.86. The molecule has 4 heteroatoms. The quantitative estimate of drug-likeness (QED) is 0.853. The number of imidazole rings is 1. The third-order valence-electron chi connectivity index (χ3n) is 6.05. The number of carbonyl (C=O) groups is 1. The highest BCUT2D eigenvalue weighted by atomic mass is 16.2. The smallest absolute Gasteiger partial charge is 0.229 e. The molecule has 2 saturated carbocycles.